The van der Waals surface area contributed by atoms with Crippen molar-refractivity contribution in [3.8, 4) is 5.75 Å². The second-order valence-corrected chi connectivity index (χ2v) is 5.71. The molecule has 4 heteroatoms. The number of benzene rings is 2. The highest BCUT2D eigenvalue weighted by Gasteiger charge is 2.14. The minimum atomic E-state index is -0.314. The van der Waals surface area contributed by atoms with Crippen LogP contribution < -0.4 is 15.4 Å². The van der Waals surface area contributed by atoms with Gasteiger partial charge < -0.3 is 15.4 Å². The summed E-state index contributed by atoms with van der Waals surface area (Å²) in [6.45, 7) is 6.40. The molecule has 122 valence electrons. The van der Waals surface area contributed by atoms with E-state index < -0.39 is 0 Å². The van der Waals surface area contributed by atoms with Crippen LogP contribution >= 0.6 is 0 Å². The van der Waals surface area contributed by atoms with Gasteiger partial charge in [0.25, 0.3) is 0 Å². The number of carbonyl (C=O) groups is 1. The third-order valence-electron chi connectivity index (χ3n) is 3.79. The number of amides is 1. The third kappa shape index (κ3) is 4.49. The Morgan fingerprint density at radius 1 is 1.17 bits per heavy atom. The summed E-state index contributed by atoms with van der Waals surface area (Å²) in [4.78, 5) is 12.3. The van der Waals surface area contributed by atoms with Crippen LogP contribution in [-0.2, 0) is 11.3 Å². The van der Waals surface area contributed by atoms with Crippen LogP contribution in [0.2, 0.25) is 0 Å². The van der Waals surface area contributed by atoms with Crippen molar-refractivity contribution in [2.75, 3.05) is 12.4 Å². The standard InChI is InChI=1S/C19H24N2O2/c1-13-9-10-17(14(2)11-13)21-15(3)19(22)20-12-16-7-5-6-8-18(16)23-4/h5-11,15,21H,12H2,1-4H3,(H,20,22)/t15-/m1/s1. The number of aryl methyl sites for hydroxylation is 2. The molecule has 0 saturated carbocycles. The van der Waals surface area contributed by atoms with Gasteiger partial charge in [-0.15, -0.1) is 0 Å². The van der Waals surface area contributed by atoms with E-state index in [0.717, 1.165) is 22.6 Å². The third-order valence-corrected chi connectivity index (χ3v) is 3.79. The van der Waals surface area contributed by atoms with Crippen LogP contribution in [0.5, 0.6) is 5.75 Å². The Morgan fingerprint density at radius 2 is 1.91 bits per heavy atom. The van der Waals surface area contributed by atoms with Crippen LogP contribution in [0.15, 0.2) is 42.5 Å². The zero-order valence-electron chi connectivity index (χ0n) is 14.1. The fraction of sp³-hybridized carbons (Fsp3) is 0.316. The van der Waals surface area contributed by atoms with Crippen LogP contribution in [0, 0.1) is 13.8 Å². The summed E-state index contributed by atoms with van der Waals surface area (Å²) < 4.78 is 5.29. The van der Waals surface area contributed by atoms with Crippen LogP contribution in [0.25, 0.3) is 0 Å². The molecular formula is C19H24N2O2. The number of methoxy groups -OCH3 is 1. The summed E-state index contributed by atoms with van der Waals surface area (Å²) in [6, 6.07) is 13.5. The van der Waals surface area contributed by atoms with E-state index in [0.29, 0.717) is 6.54 Å². The number of para-hydroxylation sites is 1. The second-order valence-electron chi connectivity index (χ2n) is 5.71. The van der Waals surface area contributed by atoms with Crippen molar-refractivity contribution in [3.05, 3.63) is 59.2 Å². The highest BCUT2D eigenvalue weighted by molar-refractivity contribution is 5.84. The predicted molar refractivity (Wildman–Crippen MR) is 93.8 cm³/mol. The van der Waals surface area contributed by atoms with E-state index in [1.165, 1.54) is 5.56 Å². The highest BCUT2D eigenvalue weighted by atomic mass is 16.5. The number of hydrogen-bond acceptors (Lipinski definition) is 3. The average molecular weight is 312 g/mol. The molecule has 1 amide bonds. The van der Waals surface area contributed by atoms with E-state index in [-0.39, 0.29) is 11.9 Å². The van der Waals surface area contributed by atoms with Crippen LogP contribution in [0.3, 0.4) is 0 Å². The van der Waals surface area contributed by atoms with E-state index in [9.17, 15) is 4.79 Å². The fourth-order valence-corrected chi connectivity index (χ4v) is 2.46. The molecule has 0 radical (unpaired) electrons. The van der Waals surface area contributed by atoms with Gasteiger partial charge in [-0.05, 0) is 38.5 Å². The molecule has 0 aromatic heterocycles. The van der Waals surface area contributed by atoms with E-state index in [2.05, 4.69) is 23.6 Å². The van der Waals surface area contributed by atoms with Crippen LogP contribution in [0.1, 0.15) is 23.6 Å². The molecule has 0 spiro atoms. The molecule has 2 aromatic rings. The molecule has 0 aliphatic rings. The summed E-state index contributed by atoms with van der Waals surface area (Å²) in [6.07, 6.45) is 0. The molecule has 2 N–H and O–H groups in total. The lowest BCUT2D eigenvalue weighted by molar-refractivity contribution is -0.121. The normalized spacial score (nSPS) is 11.7. The smallest absolute Gasteiger partial charge is 0.242 e. The van der Waals surface area contributed by atoms with Gasteiger partial charge in [0.05, 0.1) is 7.11 Å². The Balaban J connectivity index is 1.95. The van der Waals surface area contributed by atoms with Crippen molar-refractivity contribution in [1.29, 1.82) is 0 Å². The number of hydrogen-bond donors (Lipinski definition) is 2. The molecule has 0 bridgehead atoms. The molecule has 0 fully saturated rings. The maximum Gasteiger partial charge on any atom is 0.242 e. The first kappa shape index (κ1) is 16.9. The van der Waals surface area contributed by atoms with E-state index in [1.54, 1.807) is 7.11 Å². The maximum absolute atomic E-state index is 12.3. The van der Waals surface area contributed by atoms with Gasteiger partial charge in [-0.1, -0.05) is 35.9 Å². The van der Waals surface area contributed by atoms with Crippen molar-refractivity contribution < 1.29 is 9.53 Å². The number of anilines is 1. The Morgan fingerprint density at radius 3 is 2.61 bits per heavy atom. The molecule has 4 nitrogen and oxygen atoms in total. The summed E-state index contributed by atoms with van der Waals surface area (Å²) in [5, 5.41) is 6.20. The molecule has 2 aromatic carbocycles. The minimum absolute atomic E-state index is 0.0455. The maximum atomic E-state index is 12.3. The SMILES string of the molecule is COc1ccccc1CNC(=O)[C@@H](C)Nc1ccc(C)cc1C. The van der Waals surface area contributed by atoms with Crippen LogP contribution in [0.4, 0.5) is 5.69 Å². The monoisotopic (exact) mass is 312 g/mol. The van der Waals surface area contributed by atoms with Crippen molar-refractivity contribution in [2.24, 2.45) is 0 Å². The predicted octanol–water partition coefficient (Wildman–Crippen LogP) is 3.43. The molecular weight excluding hydrogens is 288 g/mol. The van der Waals surface area contributed by atoms with Crippen molar-refractivity contribution in [3.63, 3.8) is 0 Å². The molecule has 1 atom stereocenters. The van der Waals surface area contributed by atoms with Gasteiger partial charge in [0.2, 0.25) is 5.91 Å². The van der Waals surface area contributed by atoms with Gasteiger partial charge in [-0.25, -0.2) is 0 Å². The quantitative estimate of drug-likeness (QED) is 0.859. The van der Waals surface area contributed by atoms with Gasteiger partial charge in [-0.2, -0.15) is 0 Å². The molecule has 2 rings (SSSR count). The van der Waals surface area contributed by atoms with Gasteiger partial charge in [0, 0.05) is 17.8 Å². The van der Waals surface area contributed by atoms with Crippen LogP contribution in [-0.4, -0.2) is 19.1 Å². The fourth-order valence-electron chi connectivity index (χ4n) is 2.46. The first-order valence-corrected chi connectivity index (χ1v) is 7.74. The van der Waals surface area contributed by atoms with E-state index >= 15 is 0 Å². The number of rotatable bonds is 6. The topological polar surface area (TPSA) is 50.4 Å². The summed E-state index contributed by atoms with van der Waals surface area (Å²) in [5.74, 6) is 0.735. The zero-order chi connectivity index (χ0) is 16.8. The highest BCUT2D eigenvalue weighted by Crippen LogP contribution is 2.18. The average Bonchev–Trinajstić information content (AvgIpc) is 2.55. The Hall–Kier alpha value is -2.49. The largest absolute Gasteiger partial charge is 0.496 e. The lowest BCUT2D eigenvalue weighted by Gasteiger charge is -2.17. The lowest BCUT2D eigenvalue weighted by Crippen LogP contribution is -2.37. The number of nitrogens with one attached hydrogen (secondary N) is 2. The number of ether oxygens (including phenoxy) is 1. The van der Waals surface area contributed by atoms with Gasteiger partial charge in [0.1, 0.15) is 11.8 Å². The summed E-state index contributed by atoms with van der Waals surface area (Å²) in [7, 11) is 1.63. The minimum Gasteiger partial charge on any atom is -0.496 e. The first-order valence-electron chi connectivity index (χ1n) is 7.74. The van der Waals surface area contributed by atoms with Crippen molar-refractivity contribution in [1.82, 2.24) is 5.32 Å². The molecule has 23 heavy (non-hydrogen) atoms. The van der Waals surface area contributed by atoms with Gasteiger partial charge in [-0.3, -0.25) is 4.79 Å². The Kier molecular flexibility index (Phi) is 5.63. The summed E-state index contributed by atoms with van der Waals surface area (Å²) in [5.41, 5.74) is 4.29. The molecule has 0 aliphatic heterocycles. The van der Waals surface area contributed by atoms with Crippen molar-refractivity contribution >= 4 is 11.6 Å². The Labute approximate surface area is 137 Å². The van der Waals surface area contributed by atoms with Gasteiger partial charge in [0.15, 0.2) is 0 Å². The first-order chi connectivity index (χ1) is 11.0. The van der Waals surface area contributed by atoms with Crippen molar-refractivity contribution in [2.45, 2.75) is 33.4 Å². The van der Waals surface area contributed by atoms with E-state index in [1.807, 2.05) is 50.2 Å². The zero-order valence-corrected chi connectivity index (χ0v) is 14.1. The van der Waals surface area contributed by atoms with E-state index in [4.69, 9.17) is 4.74 Å². The lowest BCUT2D eigenvalue weighted by atomic mass is 10.1. The van der Waals surface area contributed by atoms with Gasteiger partial charge >= 0.3 is 0 Å². The Bertz CT molecular complexity index is 683. The summed E-state index contributed by atoms with van der Waals surface area (Å²) >= 11 is 0. The molecule has 0 heterocycles. The second kappa shape index (κ2) is 7.68. The number of carbonyl (C=O) groups excluding carboxylic acids is 1. The molecule has 0 aliphatic carbocycles. The molecule has 0 saturated heterocycles. The molecule has 0 unspecified atom stereocenters.